The van der Waals surface area contributed by atoms with Crippen molar-refractivity contribution in [3.63, 3.8) is 0 Å². The van der Waals surface area contributed by atoms with Gasteiger partial charge in [0.2, 0.25) is 0 Å². The molecular weight excluding hydrogens is 313 g/mol. The molecule has 1 atom stereocenters. The third-order valence-electron chi connectivity index (χ3n) is 3.52. The maximum Gasteiger partial charge on any atom is 0.320 e. The lowest BCUT2D eigenvalue weighted by Gasteiger charge is -2.26. The summed E-state index contributed by atoms with van der Waals surface area (Å²) >= 11 is 3.12. The number of halogens is 2. The molecular formula is C14H17BrFNO2. The standard InChI is InChI=1S/C14H17BrFNO2/c15-11-6-5-10(8-12(11)16)9-17-7-3-1-2-4-13(17)14(18)19/h5-6,8,13H,1-4,7,9H2,(H,18,19). The Morgan fingerprint density at radius 3 is 2.89 bits per heavy atom. The van der Waals surface area contributed by atoms with Crippen LogP contribution in [0.2, 0.25) is 0 Å². The Bertz CT molecular complexity index is 467. The molecule has 104 valence electrons. The van der Waals surface area contributed by atoms with E-state index in [0.29, 0.717) is 17.4 Å². The summed E-state index contributed by atoms with van der Waals surface area (Å²) in [5, 5.41) is 9.29. The summed E-state index contributed by atoms with van der Waals surface area (Å²) in [6.07, 6.45) is 3.69. The van der Waals surface area contributed by atoms with Gasteiger partial charge in [-0.1, -0.05) is 18.9 Å². The number of rotatable bonds is 3. The van der Waals surface area contributed by atoms with Gasteiger partial charge in [-0.15, -0.1) is 0 Å². The van der Waals surface area contributed by atoms with Crippen molar-refractivity contribution in [2.75, 3.05) is 6.54 Å². The fourth-order valence-electron chi connectivity index (χ4n) is 2.51. The predicted molar refractivity (Wildman–Crippen MR) is 74.4 cm³/mol. The normalized spacial score (nSPS) is 21.1. The molecule has 1 heterocycles. The summed E-state index contributed by atoms with van der Waals surface area (Å²) in [6.45, 7) is 1.25. The van der Waals surface area contributed by atoms with E-state index in [0.717, 1.165) is 31.4 Å². The fraction of sp³-hybridized carbons (Fsp3) is 0.500. The van der Waals surface area contributed by atoms with Crippen LogP contribution in [0.4, 0.5) is 4.39 Å². The highest BCUT2D eigenvalue weighted by molar-refractivity contribution is 9.10. The van der Waals surface area contributed by atoms with Gasteiger partial charge >= 0.3 is 5.97 Å². The minimum Gasteiger partial charge on any atom is -0.480 e. The molecule has 0 aliphatic carbocycles. The molecule has 1 fully saturated rings. The topological polar surface area (TPSA) is 40.5 Å². The van der Waals surface area contributed by atoms with E-state index in [1.54, 1.807) is 6.07 Å². The molecule has 0 radical (unpaired) electrons. The van der Waals surface area contributed by atoms with Crippen LogP contribution in [0.1, 0.15) is 31.2 Å². The molecule has 0 saturated carbocycles. The summed E-state index contributed by atoms with van der Waals surface area (Å²) in [7, 11) is 0. The van der Waals surface area contributed by atoms with Crippen molar-refractivity contribution in [1.82, 2.24) is 4.90 Å². The molecule has 0 amide bonds. The first-order valence-corrected chi connectivity index (χ1v) is 7.28. The van der Waals surface area contributed by atoms with Gasteiger partial charge in [0.05, 0.1) is 4.47 Å². The third kappa shape index (κ3) is 3.76. The lowest BCUT2D eigenvalue weighted by atomic mass is 10.1. The average Bonchev–Trinajstić information content (AvgIpc) is 2.59. The predicted octanol–water partition coefficient (Wildman–Crippen LogP) is 3.42. The van der Waals surface area contributed by atoms with Crippen LogP contribution in [0, 0.1) is 5.82 Å². The first-order chi connectivity index (χ1) is 9.08. The van der Waals surface area contributed by atoms with Gasteiger partial charge in [0.25, 0.3) is 0 Å². The van der Waals surface area contributed by atoms with E-state index in [1.807, 2.05) is 11.0 Å². The molecule has 2 rings (SSSR count). The first-order valence-electron chi connectivity index (χ1n) is 6.48. The molecule has 1 unspecified atom stereocenters. The molecule has 19 heavy (non-hydrogen) atoms. The van der Waals surface area contributed by atoms with Crippen LogP contribution < -0.4 is 0 Å². The van der Waals surface area contributed by atoms with E-state index in [-0.39, 0.29) is 5.82 Å². The quantitative estimate of drug-likeness (QED) is 0.923. The highest BCUT2D eigenvalue weighted by atomic mass is 79.9. The molecule has 3 nitrogen and oxygen atoms in total. The Morgan fingerprint density at radius 2 is 2.21 bits per heavy atom. The van der Waals surface area contributed by atoms with E-state index >= 15 is 0 Å². The number of hydrogen-bond donors (Lipinski definition) is 1. The third-order valence-corrected chi connectivity index (χ3v) is 4.16. The number of likely N-dealkylation sites (tertiary alicyclic amines) is 1. The number of hydrogen-bond acceptors (Lipinski definition) is 2. The van der Waals surface area contributed by atoms with E-state index in [2.05, 4.69) is 15.9 Å². The molecule has 0 aromatic heterocycles. The van der Waals surface area contributed by atoms with Crippen molar-refractivity contribution in [3.05, 3.63) is 34.1 Å². The monoisotopic (exact) mass is 329 g/mol. The number of nitrogens with zero attached hydrogens (tertiary/aromatic N) is 1. The van der Waals surface area contributed by atoms with Crippen molar-refractivity contribution in [1.29, 1.82) is 0 Å². The molecule has 0 bridgehead atoms. The van der Waals surface area contributed by atoms with Gasteiger partial charge in [-0.25, -0.2) is 4.39 Å². The number of carbonyl (C=O) groups is 1. The molecule has 1 aliphatic heterocycles. The summed E-state index contributed by atoms with van der Waals surface area (Å²) in [5.41, 5.74) is 0.814. The highest BCUT2D eigenvalue weighted by Gasteiger charge is 2.27. The van der Waals surface area contributed by atoms with Gasteiger partial charge in [0.1, 0.15) is 11.9 Å². The molecule has 1 N–H and O–H groups in total. The van der Waals surface area contributed by atoms with E-state index in [1.165, 1.54) is 6.07 Å². The largest absolute Gasteiger partial charge is 0.480 e. The highest BCUT2D eigenvalue weighted by Crippen LogP contribution is 2.22. The second kappa shape index (κ2) is 6.48. The number of carboxylic acid groups (broad SMARTS) is 1. The van der Waals surface area contributed by atoms with Crippen molar-refractivity contribution in [3.8, 4) is 0 Å². The molecule has 0 spiro atoms. The minimum atomic E-state index is -0.778. The Kier molecular flexibility index (Phi) is 4.93. The summed E-state index contributed by atoms with van der Waals surface area (Å²) in [5.74, 6) is -1.08. The van der Waals surface area contributed by atoms with Crippen molar-refractivity contribution >= 4 is 21.9 Å². The SMILES string of the molecule is O=C(O)C1CCCCCN1Cc1ccc(Br)c(F)c1. The van der Waals surface area contributed by atoms with Gasteiger partial charge in [0.15, 0.2) is 0 Å². The smallest absolute Gasteiger partial charge is 0.320 e. The van der Waals surface area contributed by atoms with Crippen LogP contribution >= 0.6 is 15.9 Å². The van der Waals surface area contributed by atoms with Crippen molar-refractivity contribution in [2.24, 2.45) is 0 Å². The Hall–Kier alpha value is -0.940. The zero-order valence-electron chi connectivity index (χ0n) is 10.6. The number of benzene rings is 1. The molecule has 1 aromatic rings. The van der Waals surface area contributed by atoms with Crippen LogP contribution in [0.25, 0.3) is 0 Å². The van der Waals surface area contributed by atoms with Crippen LogP contribution in [0.5, 0.6) is 0 Å². The molecule has 1 saturated heterocycles. The summed E-state index contributed by atoms with van der Waals surface area (Å²) in [4.78, 5) is 13.2. The maximum atomic E-state index is 13.5. The lowest BCUT2D eigenvalue weighted by molar-refractivity contribution is -0.143. The first kappa shape index (κ1) is 14.5. The van der Waals surface area contributed by atoms with Crippen LogP contribution in [-0.4, -0.2) is 28.6 Å². The second-order valence-electron chi connectivity index (χ2n) is 4.92. The molecule has 5 heteroatoms. The Labute approximate surface area is 120 Å². The Balaban J connectivity index is 2.13. The van der Waals surface area contributed by atoms with Crippen LogP contribution in [0.3, 0.4) is 0 Å². The lowest BCUT2D eigenvalue weighted by Crippen LogP contribution is -2.40. The van der Waals surface area contributed by atoms with Gasteiger partial charge < -0.3 is 5.11 Å². The Morgan fingerprint density at radius 1 is 1.42 bits per heavy atom. The fourth-order valence-corrected chi connectivity index (χ4v) is 2.76. The zero-order chi connectivity index (χ0) is 13.8. The minimum absolute atomic E-state index is 0.306. The van der Waals surface area contributed by atoms with Gasteiger partial charge in [-0.05, 0) is 53.0 Å². The van der Waals surface area contributed by atoms with E-state index < -0.39 is 12.0 Å². The van der Waals surface area contributed by atoms with E-state index in [9.17, 15) is 14.3 Å². The van der Waals surface area contributed by atoms with Gasteiger partial charge in [-0.2, -0.15) is 0 Å². The average molecular weight is 330 g/mol. The number of aliphatic carboxylic acids is 1. The molecule has 1 aliphatic rings. The maximum absolute atomic E-state index is 13.5. The van der Waals surface area contributed by atoms with Gasteiger partial charge in [-0.3, -0.25) is 9.69 Å². The molecule has 1 aromatic carbocycles. The zero-order valence-corrected chi connectivity index (χ0v) is 12.2. The van der Waals surface area contributed by atoms with Crippen LogP contribution in [-0.2, 0) is 11.3 Å². The van der Waals surface area contributed by atoms with Crippen LogP contribution in [0.15, 0.2) is 22.7 Å². The van der Waals surface area contributed by atoms with Gasteiger partial charge in [0, 0.05) is 6.54 Å². The second-order valence-corrected chi connectivity index (χ2v) is 5.78. The summed E-state index contributed by atoms with van der Waals surface area (Å²) < 4.78 is 13.9. The van der Waals surface area contributed by atoms with E-state index in [4.69, 9.17) is 0 Å². The summed E-state index contributed by atoms with van der Waals surface area (Å²) in [6, 6.07) is 4.51. The van der Waals surface area contributed by atoms with Crippen molar-refractivity contribution in [2.45, 2.75) is 38.3 Å². The number of carboxylic acids is 1. The van der Waals surface area contributed by atoms with Crippen molar-refractivity contribution < 1.29 is 14.3 Å².